The molecule has 0 radical (unpaired) electrons. The summed E-state index contributed by atoms with van der Waals surface area (Å²) < 4.78 is 21.9. The number of rotatable bonds is 5. The average molecular weight is 453 g/mol. The lowest BCUT2D eigenvalue weighted by molar-refractivity contribution is 0.163. The Hall–Kier alpha value is -3.23. The van der Waals surface area contributed by atoms with Gasteiger partial charge in [-0.2, -0.15) is 0 Å². The minimum atomic E-state index is -0.470. The monoisotopic (exact) mass is 452 g/mol. The summed E-state index contributed by atoms with van der Waals surface area (Å²) in [5, 5.41) is 7.41. The van der Waals surface area contributed by atoms with E-state index in [0.717, 1.165) is 53.8 Å². The van der Waals surface area contributed by atoms with Gasteiger partial charge >= 0.3 is 0 Å². The van der Waals surface area contributed by atoms with E-state index in [1.165, 1.54) is 18.5 Å². The van der Waals surface area contributed by atoms with Crippen molar-refractivity contribution < 1.29 is 9.13 Å². The minimum absolute atomic E-state index is 0.0423. The SMILES string of the molecule is Cn1cnc(-c2cc3ncnc(Nc4ccc(F)c(Cl)c4)c3cc2OC2CCNCC2)c1. The van der Waals surface area contributed by atoms with Crippen LogP contribution in [0, 0.1) is 5.82 Å². The van der Waals surface area contributed by atoms with Gasteiger partial charge in [-0.15, -0.1) is 0 Å². The highest BCUT2D eigenvalue weighted by Crippen LogP contribution is 2.37. The molecule has 164 valence electrons. The zero-order valence-corrected chi connectivity index (χ0v) is 18.2. The van der Waals surface area contributed by atoms with Gasteiger partial charge in [-0.25, -0.2) is 19.3 Å². The molecule has 4 aromatic rings. The number of hydrogen-bond donors (Lipinski definition) is 2. The zero-order chi connectivity index (χ0) is 22.1. The number of benzene rings is 2. The molecule has 9 heteroatoms. The molecular formula is C23H22ClFN6O. The molecule has 0 saturated carbocycles. The topological polar surface area (TPSA) is 76.9 Å². The summed E-state index contributed by atoms with van der Waals surface area (Å²) in [5.41, 5.74) is 3.07. The Morgan fingerprint density at radius 2 is 2.00 bits per heavy atom. The molecule has 5 rings (SSSR count). The van der Waals surface area contributed by atoms with Crippen LogP contribution in [0.3, 0.4) is 0 Å². The van der Waals surface area contributed by atoms with Crippen LogP contribution in [0.1, 0.15) is 12.8 Å². The largest absolute Gasteiger partial charge is 0.490 e. The maximum absolute atomic E-state index is 13.6. The first kappa shape index (κ1) is 20.7. The number of ether oxygens (including phenoxy) is 1. The smallest absolute Gasteiger partial charge is 0.141 e. The van der Waals surface area contributed by atoms with Crippen LogP contribution in [0.4, 0.5) is 15.9 Å². The van der Waals surface area contributed by atoms with Crippen molar-refractivity contribution in [2.24, 2.45) is 7.05 Å². The number of aryl methyl sites for hydroxylation is 1. The summed E-state index contributed by atoms with van der Waals surface area (Å²) >= 11 is 5.94. The maximum atomic E-state index is 13.6. The van der Waals surface area contributed by atoms with Crippen LogP contribution >= 0.6 is 11.6 Å². The van der Waals surface area contributed by atoms with Gasteiger partial charge in [0.2, 0.25) is 0 Å². The second-order valence-electron chi connectivity index (χ2n) is 7.83. The van der Waals surface area contributed by atoms with Crippen LogP contribution < -0.4 is 15.4 Å². The first-order chi connectivity index (χ1) is 15.6. The van der Waals surface area contributed by atoms with E-state index in [9.17, 15) is 4.39 Å². The number of piperidine rings is 1. The second kappa shape index (κ2) is 8.72. The quantitative estimate of drug-likeness (QED) is 0.457. The maximum Gasteiger partial charge on any atom is 0.141 e. The van der Waals surface area contributed by atoms with Gasteiger partial charge in [0, 0.05) is 29.9 Å². The minimum Gasteiger partial charge on any atom is -0.490 e. The molecule has 32 heavy (non-hydrogen) atoms. The number of aromatic nitrogens is 4. The molecule has 3 heterocycles. The lowest BCUT2D eigenvalue weighted by atomic mass is 10.1. The van der Waals surface area contributed by atoms with Crippen molar-refractivity contribution in [3.05, 3.63) is 60.0 Å². The van der Waals surface area contributed by atoms with Crippen LogP contribution in [-0.4, -0.2) is 38.7 Å². The van der Waals surface area contributed by atoms with E-state index < -0.39 is 5.82 Å². The van der Waals surface area contributed by atoms with Gasteiger partial charge in [0.05, 0.1) is 22.6 Å². The Kier molecular flexibility index (Phi) is 5.63. The van der Waals surface area contributed by atoms with E-state index in [-0.39, 0.29) is 11.1 Å². The molecule has 1 saturated heterocycles. The highest BCUT2D eigenvalue weighted by molar-refractivity contribution is 6.31. The molecule has 2 aromatic heterocycles. The summed E-state index contributed by atoms with van der Waals surface area (Å²) in [6.07, 6.45) is 7.20. The summed E-state index contributed by atoms with van der Waals surface area (Å²) in [7, 11) is 1.93. The number of fused-ring (bicyclic) bond motifs is 1. The highest BCUT2D eigenvalue weighted by Gasteiger charge is 2.20. The van der Waals surface area contributed by atoms with Crippen molar-refractivity contribution in [3.8, 4) is 17.0 Å². The van der Waals surface area contributed by atoms with E-state index in [2.05, 4.69) is 25.6 Å². The lowest BCUT2D eigenvalue weighted by Gasteiger charge is -2.25. The third kappa shape index (κ3) is 4.24. The van der Waals surface area contributed by atoms with Gasteiger partial charge in [0.1, 0.15) is 29.8 Å². The number of anilines is 2. The van der Waals surface area contributed by atoms with Crippen molar-refractivity contribution in [1.82, 2.24) is 24.8 Å². The predicted molar refractivity (Wildman–Crippen MR) is 123 cm³/mol. The number of nitrogens with zero attached hydrogens (tertiary/aromatic N) is 4. The van der Waals surface area contributed by atoms with E-state index in [4.69, 9.17) is 16.3 Å². The van der Waals surface area contributed by atoms with Crippen molar-refractivity contribution in [2.45, 2.75) is 18.9 Å². The van der Waals surface area contributed by atoms with Crippen LogP contribution in [0.5, 0.6) is 5.75 Å². The van der Waals surface area contributed by atoms with E-state index >= 15 is 0 Å². The summed E-state index contributed by atoms with van der Waals surface area (Å²) in [6.45, 7) is 1.86. The van der Waals surface area contributed by atoms with Crippen LogP contribution in [0.15, 0.2) is 49.2 Å². The Bertz CT molecular complexity index is 1270. The zero-order valence-electron chi connectivity index (χ0n) is 17.5. The normalized spacial score (nSPS) is 14.6. The fourth-order valence-corrected chi connectivity index (χ4v) is 4.02. The van der Waals surface area contributed by atoms with Gasteiger partial charge in [-0.3, -0.25) is 0 Å². The Balaban J connectivity index is 1.59. The second-order valence-corrected chi connectivity index (χ2v) is 8.24. The first-order valence-electron chi connectivity index (χ1n) is 10.4. The molecule has 0 amide bonds. The van der Waals surface area contributed by atoms with Crippen molar-refractivity contribution in [2.75, 3.05) is 18.4 Å². The fraction of sp³-hybridized carbons (Fsp3) is 0.261. The van der Waals surface area contributed by atoms with E-state index in [1.54, 1.807) is 12.4 Å². The number of hydrogen-bond acceptors (Lipinski definition) is 6. The molecule has 2 N–H and O–H groups in total. The fourth-order valence-electron chi connectivity index (χ4n) is 3.84. The number of nitrogens with one attached hydrogen (secondary N) is 2. The van der Waals surface area contributed by atoms with Crippen molar-refractivity contribution in [1.29, 1.82) is 0 Å². The first-order valence-corrected chi connectivity index (χ1v) is 10.8. The molecule has 0 spiro atoms. The molecule has 1 aliphatic heterocycles. The van der Waals surface area contributed by atoms with Gasteiger partial charge in [-0.1, -0.05) is 11.6 Å². The van der Waals surface area contributed by atoms with Gasteiger partial charge in [-0.05, 0) is 56.3 Å². The molecule has 7 nitrogen and oxygen atoms in total. The Morgan fingerprint density at radius 1 is 1.16 bits per heavy atom. The average Bonchev–Trinajstić information content (AvgIpc) is 3.23. The van der Waals surface area contributed by atoms with Crippen LogP contribution in [0.2, 0.25) is 5.02 Å². The summed E-state index contributed by atoms with van der Waals surface area (Å²) in [5.74, 6) is 0.848. The van der Waals surface area contributed by atoms with Gasteiger partial charge < -0.3 is 19.9 Å². The molecule has 0 bridgehead atoms. The molecule has 1 aliphatic rings. The molecular weight excluding hydrogens is 431 g/mol. The molecule has 0 atom stereocenters. The molecule has 2 aromatic carbocycles. The predicted octanol–water partition coefficient (Wildman–Crippen LogP) is 4.70. The molecule has 0 aliphatic carbocycles. The lowest BCUT2D eigenvalue weighted by Crippen LogP contribution is -2.34. The standard InChI is InChI=1S/C23H22ClFN6O/c1-31-11-21(29-13-31)16-9-20-17(10-22(16)32-15-4-6-26-7-5-15)23(28-12-27-20)30-14-2-3-19(25)18(24)8-14/h2-3,8-13,15,26H,4-7H2,1H3,(H,27,28,30). The third-order valence-corrected chi connectivity index (χ3v) is 5.77. The number of halogens is 2. The summed E-state index contributed by atoms with van der Waals surface area (Å²) in [4.78, 5) is 13.4. The van der Waals surface area contributed by atoms with Gasteiger partial charge in [0.15, 0.2) is 0 Å². The Morgan fingerprint density at radius 3 is 2.75 bits per heavy atom. The van der Waals surface area contributed by atoms with E-state index in [0.29, 0.717) is 11.5 Å². The van der Waals surface area contributed by atoms with Crippen LogP contribution in [-0.2, 0) is 7.05 Å². The molecule has 1 fully saturated rings. The highest BCUT2D eigenvalue weighted by atomic mass is 35.5. The number of imidazole rings is 1. The molecule has 0 unspecified atom stereocenters. The Labute approximate surface area is 189 Å². The van der Waals surface area contributed by atoms with Gasteiger partial charge in [0.25, 0.3) is 0 Å². The van der Waals surface area contributed by atoms with E-state index in [1.807, 2.05) is 29.9 Å². The van der Waals surface area contributed by atoms with Crippen molar-refractivity contribution in [3.63, 3.8) is 0 Å². The van der Waals surface area contributed by atoms with Crippen molar-refractivity contribution >= 4 is 34.0 Å². The van der Waals surface area contributed by atoms with Crippen LogP contribution in [0.25, 0.3) is 22.2 Å². The summed E-state index contributed by atoms with van der Waals surface area (Å²) in [6, 6.07) is 8.38. The third-order valence-electron chi connectivity index (χ3n) is 5.48.